The minimum atomic E-state index is -3.45. The maximum absolute atomic E-state index is 11.4. The Balaban J connectivity index is 3.06. The summed E-state index contributed by atoms with van der Waals surface area (Å²) in [7, 11) is -3.45. The highest BCUT2D eigenvalue weighted by molar-refractivity contribution is 7.90. The van der Waals surface area contributed by atoms with Crippen molar-refractivity contribution in [1.29, 1.82) is 0 Å². The van der Waals surface area contributed by atoms with Crippen molar-refractivity contribution in [3.05, 3.63) is 28.3 Å². The summed E-state index contributed by atoms with van der Waals surface area (Å²) in [5, 5.41) is 14.1. The summed E-state index contributed by atoms with van der Waals surface area (Å²) in [4.78, 5) is 10.4. The van der Waals surface area contributed by atoms with Crippen molar-refractivity contribution in [3.8, 4) is 0 Å². The summed E-state index contributed by atoms with van der Waals surface area (Å²) in [6, 6.07) is 3.92. The molecule has 0 fully saturated rings. The molecule has 0 heterocycles. The van der Waals surface area contributed by atoms with Crippen LogP contribution in [0.1, 0.15) is 20.8 Å². The van der Waals surface area contributed by atoms with Crippen LogP contribution in [0.5, 0.6) is 0 Å². The molecular weight excluding hydrogens is 280 g/mol. The van der Waals surface area contributed by atoms with Gasteiger partial charge < -0.3 is 5.32 Å². The molecule has 6 nitrogen and oxygen atoms in total. The molecule has 0 spiro atoms. The van der Waals surface area contributed by atoms with Crippen LogP contribution in [0.2, 0.25) is 0 Å². The first-order chi connectivity index (χ1) is 9.12. The van der Waals surface area contributed by atoms with Gasteiger partial charge in [0.15, 0.2) is 9.84 Å². The third kappa shape index (κ3) is 4.19. The van der Waals surface area contributed by atoms with E-state index in [4.69, 9.17) is 0 Å². The van der Waals surface area contributed by atoms with E-state index in [0.717, 1.165) is 12.3 Å². The molecule has 1 aromatic rings. The molecule has 0 saturated carbocycles. The average Bonchev–Trinajstić information content (AvgIpc) is 2.34. The maximum Gasteiger partial charge on any atom is 0.293 e. The number of benzene rings is 1. The smallest absolute Gasteiger partial charge is 0.293 e. The van der Waals surface area contributed by atoms with E-state index in [1.807, 2.05) is 6.92 Å². The van der Waals surface area contributed by atoms with Crippen LogP contribution in [-0.2, 0) is 9.84 Å². The zero-order valence-electron chi connectivity index (χ0n) is 12.1. The summed E-state index contributed by atoms with van der Waals surface area (Å²) in [6.45, 7) is 6.80. The molecular formula is C13H20N2O4S. The number of nitrogens with zero attached hydrogens (tertiary/aromatic N) is 1. The van der Waals surface area contributed by atoms with E-state index in [1.54, 1.807) is 0 Å². The molecule has 0 radical (unpaired) electrons. The Hall–Kier alpha value is -1.63. The second-order valence-corrected chi connectivity index (χ2v) is 7.33. The molecule has 0 saturated heterocycles. The third-order valence-corrected chi connectivity index (χ3v) is 4.46. The molecule has 1 atom stereocenters. The standard InChI is InChI=1S/C13H20N2O4S/c1-9(2)10(3)8-14-12-6-5-11(20(4,18)19)7-13(12)15(16)17/h5-7,9-10,14H,8H2,1-4H3. The monoisotopic (exact) mass is 300 g/mol. The van der Waals surface area contributed by atoms with Crippen molar-refractivity contribution in [2.45, 2.75) is 25.7 Å². The summed E-state index contributed by atoms with van der Waals surface area (Å²) in [5.41, 5.74) is 0.124. The number of rotatable bonds is 6. The zero-order chi connectivity index (χ0) is 15.5. The van der Waals surface area contributed by atoms with Gasteiger partial charge in [-0.15, -0.1) is 0 Å². The Labute approximate surface area is 119 Å². The fourth-order valence-electron chi connectivity index (χ4n) is 1.55. The highest BCUT2D eigenvalue weighted by Crippen LogP contribution is 2.28. The lowest BCUT2D eigenvalue weighted by atomic mass is 9.98. The number of sulfone groups is 1. The number of hydrogen-bond acceptors (Lipinski definition) is 5. The number of hydrogen-bond donors (Lipinski definition) is 1. The molecule has 0 aliphatic carbocycles. The van der Waals surface area contributed by atoms with Crippen LogP contribution in [0, 0.1) is 22.0 Å². The number of nitro benzene ring substituents is 1. The Morgan fingerprint density at radius 3 is 2.35 bits per heavy atom. The van der Waals surface area contributed by atoms with Gasteiger partial charge in [0.25, 0.3) is 5.69 Å². The van der Waals surface area contributed by atoms with Crippen molar-refractivity contribution < 1.29 is 13.3 Å². The summed E-state index contributed by atoms with van der Waals surface area (Å²) >= 11 is 0. The predicted octanol–water partition coefficient (Wildman–Crippen LogP) is 2.70. The molecule has 1 rings (SSSR count). The fourth-order valence-corrected chi connectivity index (χ4v) is 2.19. The molecule has 1 unspecified atom stereocenters. The Morgan fingerprint density at radius 1 is 1.30 bits per heavy atom. The topological polar surface area (TPSA) is 89.3 Å². The van der Waals surface area contributed by atoms with Gasteiger partial charge in [0, 0.05) is 18.9 Å². The second kappa shape index (κ2) is 6.21. The molecule has 20 heavy (non-hydrogen) atoms. The van der Waals surface area contributed by atoms with Crippen LogP contribution in [0.25, 0.3) is 0 Å². The van der Waals surface area contributed by atoms with E-state index in [1.165, 1.54) is 12.1 Å². The molecule has 0 aromatic heterocycles. The Bertz CT molecular complexity index is 596. The molecule has 1 N–H and O–H groups in total. The lowest BCUT2D eigenvalue weighted by molar-refractivity contribution is -0.384. The van der Waals surface area contributed by atoms with Gasteiger partial charge in [0.2, 0.25) is 0 Å². The van der Waals surface area contributed by atoms with Crippen LogP contribution in [-0.4, -0.2) is 26.1 Å². The van der Waals surface area contributed by atoms with Crippen molar-refractivity contribution in [3.63, 3.8) is 0 Å². The van der Waals surface area contributed by atoms with Crippen molar-refractivity contribution >= 4 is 21.2 Å². The van der Waals surface area contributed by atoms with Crippen LogP contribution < -0.4 is 5.32 Å². The predicted molar refractivity (Wildman–Crippen MR) is 78.7 cm³/mol. The molecule has 0 bridgehead atoms. The van der Waals surface area contributed by atoms with E-state index in [2.05, 4.69) is 19.2 Å². The van der Waals surface area contributed by atoms with E-state index in [9.17, 15) is 18.5 Å². The highest BCUT2D eigenvalue weighted by atomic mass is 32.2. The minimum absolute atomic E-state index is 0.0494. The van der Waals surface area contributed by atoms with Gasteiger partial charge in [-0.05, 0) is 24.0 Å². The molecule has 7 heteroatoms. The average molecular weight is 300 g/mol. The molecule has 1 aromatic carbocycles. The van der Waals surface area contributed by atoms with Crippen LogP contribution in [0.4, 0.5) is 11.4 Å². The van der Waals surface area contributed by atoms with E-state index >= 15 is 0 Å². The Kier molecular flexibility index (Phi) is 5.10. The largest absolute Gasteiger partial charge is 0.379 e. The number of anilines is 1. The van der Waals surface area contributed by atoms with Crippen LogP contribution in [0.3, 0.4) is 0 Å². The SMILES string of the molecule is CC(C)C(C)CNc1ccc(S(C)(=O)=O)cc1[N+](=O)[O-]. The summed E-state index contributed by atoms with van der Waals surface area (Å²) in [6.07, 6.45) is 1.03. The molecule has 112 valence electrons. The van der Waals surface area contributed by atoms with Crippen LogP contribution in [0.15, 0.2) is 23.1 Å². The van der Waals surface area contributed by atoms with Gasteiger partial charge in [-0.2, -0.15) is 0 Å². The lowest BCUT2D eigenvalue weighted by Gasteiger charge is -2.17. The first-order valence-electron chi connectivity index (χ1n) is 6.35. The van der Waals surface area contributed by atoms with E-state index in [-0.39, 0.29) is 10.6 Å². The molecule has 0 amide bonds. The lowest BCUT2D eigenvalue weighted by Crippen LogP contribution is -2.17. The van der Waals surface area contributed by atoms with E-state index < -0.39 is 14.8 Å². The number of nitro groups is 1. The zero-order valence-corrected chi connectivity index (χ0v) is 12.9. The second-order valence-electron chi connectivity index (χ2n) is 5.31. The highest BCUT2D eigenvalue weighted by Gasteiger charge is 2.19. The van der Waals surface area contributed by atoms with Crippen LogP contribution >= 0.6 is 0 Å². The quantitative estimate of drug-likeness (QED) is 0.644. The number of nitrogens with one attached hydrogen (secondary N) is 1. The third-order valence-electron chi connectivity index (χ3n) is 3.35. The van der Waals surface area contributed by atoms with Crippen molar-refractivity contribution in [1.82, 2.24) is 0 Å². The Morgan fingerprint density at radius 2 is 1.90 bits per heavy atom. The summed E-state index contributed by atoms with van der Waals surface area (Å²) in [5.74, 6) is 0.807. The van der Waals surface area contributed by atoms with Gasteiger partial charge in [0.1, 0.15) is 5.69 Å². The first kappa shape index (κ1) is 16.4. The van der Waals surface area contributed by atoms with Crippen molar-refractivity contribution in [2.24, 2.45) is 11.8 Å². The van der Waals surface area contributed by atoms with Gasteiger partial charge in [-0.3, -0.25) is 10.1 Å². The fraction of sp³-hybridized carbons (Fsp3) is 0.538. The summed E-state index contributed by atoms with van der Waals surface area (Å²) < 4.78 is 22.9. The van der Waals surface area contributed by atoms with Gasteiger partial charge in [-0.1, -0.05) is 20.8 Å². The normalized spacial score (nSPS) is 13.2. The van der Waals surface area contributed by atoms with Gasteiger partial charge >= 0.3 is 0 Å². The molecule has 0 aliphatic heterocycles. The van der Waals surface area contributed by atoms with Gasteiger partial charge in [0.05, 0.1) is 9.82 Å². The molecule has 0 aliphatic rings. The van der Waals surface area contributed by atoms with Crippen molar-refractivity contribution in [2.75, 3.05) is 18.1 Å². The maximum atomic E-state index is 11.4. The minimum Gasteiger partial charge on any atom is -0.379 e. The van der Waals surface area contributed by atoms with E-state index in [0.29, 0.717) is 24.1 Å². The first-order valence-corrected chi connectivity index (χ1v) is 8.24. The van der Waals surface area contributed by atoms with Gasteiger partial charge in [-0.25, -0.2) is 8.42 Å².